The second-order valence-electron chi connectivity index (χ2n) is 8.72. The molecule has 0 spiro atoms. The van der Waals surface area contributed by atoms with Gasteiger partial charge in [0.2, 0.25) is 5.88 Å². The summed E-state index contributed by atoms with van der Waals surface area (Å²) in [6.07, 6.45) is 1.66. The highest BCUT2D eigenvalue weighted by molar-refractivity contribution is 5.94. The molecule has 2 saturated heterocycles. The number of anilines is 1. The Labute approximate surface area is 202 Å². The molecule has 2 aliphatic heterocycles. The highest BCUT2D eigenvalue weighted by Gasteiger charge is 2.30. The number of halogens is 2. The van der Waals surface area contributed by atoms with E-state index in [2.05, 4.69) is 5.16 Å². The van der Waals surface area contributed by atoms with E-state index < -0.39 is 11.6 Å². The maximum Gasteiger partial charge on any atom is 0.254 e. The second-order valence-corrected chi connectivity index (χ2v) is 8.72. The zero-order valence-electron chi connectivity index (χ0n) is 19.3. The van der Waals surface area contributed by atoms with Crippen molar-refractivity contribution in [3.05, 3.63) is 71.3 Å². The average molecular weight is 484 g/mol. The number of carbonyl (C=O) groups excluding carboxylic acids is 1. The molecule has 0 radical (unpaired) electrons. The van der Waals surface area contributed by atoms with E-state index >= 15 is 0 Å². The monoisotopic (exact) mass is 483 g/mol. The lowest BCUT2D eigenvalue weighted by atomic mass is 10.0. The van der Waals surface area contributed by atoms with Crippen LogP contribution >= 0.6 is 0 Å². The fourth-order valence-corrected chi connectivity index (χ4v) is 4.54. The molecule has 1 aromatic heterocycles. The Morgan fingerprint density at radius 3 is 2.54 bits per heavy atom. The van der Waals surface area contributed by atoms with Crippen LogP contribution in [-0.4, -0.2) is 61.5 Å². The van der Waals surface area contributed by atoms with Crippen LogP contribution in [0.25, 0.3) is 11.3 Å². The molecule has 5 rings (SSSR count). The van der Waals surface area contributed by atoms with Gasteiger partial charge >= 0.3 is 0 Å². The van der Waals surface area contributed by atoms with Crippen LogP contribution in [0.5, 0.6) is 0 Å². The number of carbonyl (C=O) groups is 1. The summed E-state index contributed by atoms with van der Waals surface area (Å²) in [7, 11) is 0. The molecule has 1 atom stereocenters. The van der Waals surface area contributed by atoms with Gasteiger partial charge in [0, 0.05) is 37.4 Å². The number of nitrogens with zero attached hydrogens (tertiary/aromatic N) is 3. The van der Waals surface area contributed by atoms with E-state index in [0.29, 0.717) is 67.7 Å². The molecule has 9 heteroatoms. The first-order valence-electron chi connectivity index (χ1n) is 11.8. The van der Waals surface area contributed by atoms with Crippen molar-refractivity contribution >= 4 is 11.8 Å². The fraction of sp³-hybridized carbons (Fsp3) is 0.385. The molecule has 1 amide bonds. The Balaban J connectivity index is 1.53. The predicted molar refractivity (Wildman–Crippen MR) is 125 cm³/mol. The smallest absolute Gasteiger partial charge is 0.254 e. The van der Waals surface area contributed by atoms with Crippen LogP contribution < -0.4 is 4.90 Å². The molecular weight excluding hydrogens is 456 g/mol. The van der Waals surface area contributed by atoms with Crippen molar-refractivity contribution in [1.29, 1.82) is 0 Å². The summed E-state index contributed by atoms with van der Waals surface area (Å²) in [6.45, 7) is 3.38. The van der Waals surface area contributed by atoms with E-state index in [4.69, 9.17) is 14.0 Å². The molecule has 3 heterocycles. The minimum absolute atomic E-state index is 0.108. The van der Waals surface area contributed by atoms with Gasteiger partial charge in [-0.05, 0) is 49.2 Å². The van der Waals surface area contributed by atoms with E-state index in [-0.39, 0.29) is 18.6 Å². The number of hydrogen-bond acceptors (Lipinski definition) is 6. The topological polar surface area (TPSA) is 68.0 Å². The summed E-state index contributed by atoms with van der Waals surface area (Å²) in [5.41, 5.74) is 1.64. The summed E-state index contributed by atoms with van der Waals surface area (Å²) in [5.74, 6) is -0.612. The molecule has 2 aliphatic rings. The minimum atomic E-state index is -0.425. The number of aromatic nitrogens is 1. The van der Waals surface area contributed by atoms with Crippen molar-refractivity contribution in [3.8, 4) is 11.3 Å². The predicted octanol–water partition coefficient (Wildman–Crippen LogP) is 4.28. The Kier molecular flexibility index (Phi) is 7.06. The summed E-state index contributed by atoms with van der Waals surface area (Å²) in [4.78, 5) is 17.2. The van der Waals surface area contributed by atoms with Crippen LogP contribution in [0.2, 0.25) is 0 Å². The van der Waals surface area contributed by atoms with Crippen molar-refractivity contribution < 1.29 is 27.6 Å². The molecule has 0 N–H and O–H groups in total. The highest BCUT2D eigenvalue weighted by atomic mass is 19.1. The molecule has 2 fully saturated rings. The molecule has 35 heavy (non-hydrogen) atoms. The van der Waals surface area contributed by atoms with Crippen molar-refractivity contribution in [2.24, 2.45) is 0 Å². The Hall–Kier alpha value is -3.30. The lowest BCUT2D eigenvalue weighted by Crippen LogP contribution is -2.39. The Bertz CT molecular complexity index is 1160. The van der Waals surface area contributed by atoms with Gasteiger partial charge in [-0.3, -0.25) is 4.79 Å². The summed E-state index contributed by atoms with van der Waals surface area (Å²) in [6, 6.07) is 11.8. The van der Waals surface area contributed by atoms with Crippen molar-refractivity contribution in [2.45, 2.75) is 25.5 Å². The minimum Gasteiger partial charge on any atom is -0.378 e. The van der Waals surface area contributed by atoms with E-state index in [0.717, 1.165) is 12.8 Å². The number of hydrogen-bond donors (Lipinski definition) is 0. The van der Waals surface area contributed by atoms with E-state index in [1.165, 1.54) is 30.3 Å². The normalized spacial score (nSPS) is 18.1. The molecule has 1 unspecified atom stereocenters. The standard InChI is InChI=1S/C26H27F2N3O4/c27-19-9-7-18(8-10-19)25(32)31(16-20-4-3-13-34-20)17-22-24(21-5-1-2-6-23(21)28)29-35-26(22)30-11-14-33-15-12-30/h1-2,5-10,20H,3-4,11-17H2. The Morgan fingerprint density at radius 2 is 1.83 bits per heavy atom. The number of benzene rings is 2. The first-order chi connectivity index (χ1) is 17.1. The van der Waals surface area contributed by atoms with Crippen molar-refractivity contribution in [3.63, 3.8) is 0 Å². The summed E-state index contributed by atoms with van der Waals surface area (Å²) in [5, 5.41) is 4.23. The van der Waals surface area contributed by atoms with Gasteiger partial charge in [0.25, 0.3) is 5.91 Å². The van der Waals surface area contributed by atoms with Gasteiger partial charge in [-0.2, -0.15) is 0 Å². The van der Waals surface area contributed by atoms with Crippen LogP contribution in [-0.2, 0) is 16.0 Å². The third-order valence-corrected chi connectivity index (χ3v) is 6.37. The van der Waals surface area contributed by atoms with Gasteiger partial charge in [0.15, 0.2) is 0 Å². The second kappa shape index (κ2) is 10.5. The lowest BCUT2D eigenvalue weighted by Gasteiger charge is -2.29. The van der Waals surface area contributed by atoms with Crippen LogP contribution in [0.3, 0.4) is 0 Å². The van der Waals surface area contributed by atoms with Gasteiger partial charge in [0.1, 0.15) is 17.3 Å². The molecule has 2 aromatic carbocycles. The van der Waals surface area contributed by atoms with Gasteiger partial charge in [-0.25, -0.2) is 8.78 Å². The summed E-state index contributed by atoms with van der Waals surface area (Å²) >= 11 is 0. The largest absolute Gasteiger partial charge is 0.378 e. The van der Waals surface area contributed by atoms with Crippen LogP contribution in [0.15, 0.2) is 53.1 Å². The van der Waals surface area contributed by atoms with Crippen LogP contribution in [0, 0.1) is 11.6 Å². The molecule has 184 valence electrons. The SMILES string of the molecule is O=C(c1ccc(F)cc1)N(Cc1c(-c2ccccc2F)noc1N1CCOCC1)CC1CCCO1. The van der Waals surface area contributed by atoms with Crippen molar-refractivity contribution in [1.82, 2.24) is 10.1 Å². The maximum atomic E-state index is 14.8. The zero-order valence-corrected chi connectivity index (χ0v) is 19.3. The quantitative estimate of drug-likeness (QED) is 0.500. The third-order valence-electron chi connectivity index (χ3n) is 6.37. The molecular formula is C26H27F2N3O4. The number of rotatable bonds is 7. The molecule has 0 aliphatic carbocycles. The zero-order chi connectivity index (χ0) is 24.2. The average Bonchev–Trinajstić information content (AvgIpc) is 3.55. The number of morpholine rings is 1. The molecule has 0 saturated carbocycles. The molecule has 3 aromatic rings. The molecule has 7 nitrogen and oxygen atoms in total. The van der Waals surface area contributed by atoms with Crippen molar-refractivity contribution in [2.75, 3.05) is 44.4 Å². The summed E-state index contributed by atoms with van der Waals surface area (Å²) < 4.78 is 45.3. The van der Waals surface area contributed by atoms with Crippen LogP contribution in [0.4, 0.5) is 14.7 Å². The third kappa shape index (κ3) is 5.21. The van der Waals surface area contributed by atoms with Gasteiger partial charge in [-0.15, -0.1) is 0 Å². The Morgan fingerprint density at radius 1 is 1.06 bits per heavy atom. The van der Waals surface area contributed by atoms with Crippen LogP contribution in [0.1, 0.15) is 28.8 Å². The number of ether oxygens (including phenoxy) is 2. The first-order valence-corrected chi connectivity index (χ1v) is 11.8. The lowest BCUT2D eigenvalue weighted by molar-refractivity contribution is 0.0507. The van der Waals surface area contributed by atoms with E-state index in [1.807, 2.05) is 4.90 Å². The van der Waals surface area contributed by atoms with Gasteiger partial charge in [0.05, 0.1) is 31.4 Å². The number of amides is 1. The van der Waals surface area contributed by atoms with E-state index in [1.54, 1.807) is 23.1 Å². The van der Waals surface area contributed by atoms with Gasteiger partial charge < -0.3 is 23.8 Å². The first kappa shape index (κ1) is 23.4. The molecule has 0 bridgehead atoms. The van der Waals surface area contributed by atoms with E-state index in [9.17, 15) is 13.6 Å². The highest BCUT2D eigenvalue weighted by Crippen LogP contribution is 2.34. The maximum absolute atomic E-state index is 14.8. The fourth-order valence-electron chi connectivity index (χ4n) is 4.54. The van der Waals surface area contributed by atoms with Gasteiger partial charge in [-0.1, -0.05) is 17.3 Å².